The number of amides is 3. The number of primary amides is 1. The minimum atomic E-state index is -0.840. The van der Waals surface area contributed by atoms with Crippen molar-refractivity contribution in [1.82, 2.24) is 5.32 Å². The van der Waals surface area contributed by atoms with Crippen LogP contribution in [0.1, 0.15) is 35.7 Å². The first-order chi connectivity index (χ1) is 7.00. The molecule has 0 fully saturated rings. The van der Waals surface area contributed by atoms with E-state index in [1.54, 1.807) is 12.1 Å². The molecule has 0 heterocycles. The van der Waals surface area contributed by atoms with Crippen molar-refractivity contribution in [2.75, 3.05) is 0 Å². The van der Waals surface area contributed by atoms with E-state index in [2.05, 4.69) is 13.8 Å². The van der Waals surface area contributed by atoms with Crippen LogP contribution in [0.2, 0.25) is 0 Å². The third kappa shape index (κ3) is 3.09. The minimum absolute atomic E-state index is 0.415. The van der Waals surface area contributed by atoms with Crippen molar-refractivity contribution in [3.63, 3.8) is 0 Å². The molecule has 0 radical (unpaired) electrons. The first-order valence-corrected chi connectivity index (χ1v) is 4.71. The van der Waals surface area contributed by atoms with Gasteiger partial charge in [0.2, 0.25) is 0 Å². The first kappa shape index (κ1) is 11.2. The standard InChI is InChI=1S/C11H14N2O2/c1-7(2)8-3-5-9(6-4-8)10(14)13-11(12)15/h3-7H,1-2H3,(H3,12,13,14,15). The Kier molecular flexibility index (Phi) is 3.44. The monoisotopic (exact) mass is 206 g/mol. The fourth-order valence-electron chi connectivity index (χ4n) is 1.20. The molecule has 0 atom stereocenters. The normalized spacial score (nSPS) is 10.1. The Bertz CT molecular complexity index is 369. The summed E-state index contributed by atoms with van der Waals surface area (Å²) in [5.74, 6) is -0.0592. The fourth-order valence-corrected chi connectivity index (χ4v) is 1.20. The van der Waals surface area contributed by atoms with Gasteiger partial charge in [0.05, 0.1) is 0 Å². The fraction of sp³-hybridized carbons (Fsp3) is 0.273. The summed E-state index contributed by atoms with van der Waals surface area (Å²) in [4.78, 5) is 21.8. The van der Waals surface area contributed by atoms with Crippen LogP contribution in [0.4, 0.5) is 4.79 Å². The lowest BCUT2D eigenvalue weighted by atomic mass is 10.0. The second-order valence-corrected chi connectivity index (χ2v) is 3.60. The summed E-state index contributed by atoms with van der Waals surface area (Å²) < 4.78 is 0. The first-order valence-electron chi connectivity index (χ1n) is 4.71. The van der Waals surface area contributed by atoms with Crippen LogP contribution in [0.5, 0.6) is 0 Å². The van der Waals surface area contributed by atoms with Crippen LogP contribution < -0.4 is 11.1 Å². The number of hydrogen-bond acceptors (Lipinski definition) is 2. The van der Waals surface area contributed by atoms with E-state index < -0.39 is 11.9 Å². The summed E-state index contributed by atoms with van der Waals surface area (Å²) >= 11 is 0. The molecule has 3 amide bonds. The number of hydrogen-bond donors (Lipinski definition) is 2. The molecule has 0 saturated heterocycles. The Morgan fingerprint density at radius 1 is 1.20 bits per heavy atom. The maximum atomic E-state index is 11.3. The summed E-state index contributed by atoms with van der Waals surface area (Å²) in [6.07, 6.45) is 0. The predicted molar refractivity (Wildman–Crippen MR) is 57.6 cm³/mol. The number of urea groups is 1. The van der Waals surface area contributed by atoms with Gasteiger partial charge in [0, 0.05) is 5.56 Å². The highest BCUT2D eigenvalue weighted by Gasteiger charge is 2.07. The highest BCUT2D eigenvalue weighted by Crippen LogP contribution is 2.14. The largest absolute Gasteiger partial charge is 0.351 e. The van der Waals surface area contributed by atoms with E-state index in [0.29, 0.717) is 11.5 Å². The number of carbonyl (C=O) groups excluding carboxylic acids is 2. The lowest BCUT2D eigenvalue weighted by Gasteiger charge is -2.06. The average Bonchev–Trinajstić information content (AvgIpc) is 2.17. The molecule has 1 aromatic carbocycles. The third-order valence-corrected chi connectivity index (χ3v) is 2.08. The Hall–Kier alpha value is -1.84. The van der Waals surface area contributed by atoms with E-state index >= 15 is 0 Å². The topological polar surface area (TPSA) is 72.2 Å². The summed E-state index contributed by atoms with van der Waals surface area (Å²) in [5, 5.41) is 2.01. The van der Waals surface area contributed by atoms with Gasteiger partial charge < -0.3 is 5.73 Å². The van der Waals surface area contributed by atoms with Crippen LogP contribution in [-0.2, 0) is 0 Å². The van der Waals surface area contributed by atoms with Crippen LogP contribution in [0.3, 0.4) is 0 Å². The van der Waals surface area contributed by atoms with Crippen molar-refractivity contribution in [3.05, 3.63) is 35.4 Å². The quantitative estimate of drug-likeness (QED) is 0.771. The Morgan fingerprint density at radius 3 is 2.13 bits per heavy atom. The molecule has 0 aliphatic rings. The molecule has 1 aromatic rings. The number of rotatable bonds is 2. The van der Waals surface area contributed by atoms with E-state index in [9.17, 15) is 9.59 Å². The Morgan fingerprint density at radius 2 is 1.73 bits per heavy atom. The molecule has 15 heavy (non-hydrogen) atoms. The van der Waals surface area contributed by atoms with E-state index in [0.717, 1.165) is 5.56 Å². The van der Waals surface area contributed by atoms with Gasteiger partial charge in [0.15, 0.2) is 0 Å². The third-order valence-electron chi connectivity index (χ3n) is 2.08. The van der Waals surface area contributed by atoms with Crippen LogP contribution in [0, 0.1) is 0 Å². The molecule has 0 aliphatic heterocycles. The van der Waals surface area contributed by atoms with Crippen LogP contribution >= 0.6 is 0 Å². The van der Waals surface area contributed by atoms with Gasteiger partial charge in [-0.1, -0.05) is 26.0 Å². The molecule has 80 valence electrons. The zero-order valence-electron chi connectivity index (χ0n) is 8.78. The zero-order chi connectivity index (χ0) is 11.4. The van der Waals surface area contributed by atoms with Crippen molar-refractivity contribution in [2.24, 2.45) is 5.73 Å². The van der Waals surface area contributed by atoms with E-state index in [4.69, 9.17) is 5.73 Å². The lowest BCUT2D eigenvalue weighted by Crippen LogP contribution is -2.34. The number of imide groups is 1. The van der Waals surface area contributed by atoms with Gasteiger partial charge in [0.1, 0.15) is 0 Å². The number of nitrogens with two attached hydrogens (primary N) is 1. The molecule has 0 aromatic heterocycles. The molecule has 4 heteroatoms. The van der Waals surface area contributed by atoms with Gasteiger partial charge in [-0.2, -0.15) is 0 Å². The predicted octanol–water partition coefficient (Wildman–Crippen LogP) is 1.62. The molecular formula is C11H14N2O2. The lowest BCUT2D eigenvalue weighted by molar-refractivity contribution is 0.0966. The van der Waals surface area contributed by atoms with Crippen molar-refractivity contribution in [2.45, 2.75) is 19.8 Å². The molecule has 0 saturated carbocycles. The summed E-state index contributed by atoms with van der Waals surface area (Å²) in [5.41, 5.74) is 6.41. The van der Waals surface area contributed by atoms with E-state index in [1.165, 1.54) is 0 Å². The SMILES string of the molecule is CC(C)c1ccc(C(=O)NC(N)=O)cc1. The maximum Gasteiger partial charge on any atom is 0.319 e. The molecular weight excluding hydrogens is 192 g/mol. The van der Waals surface area contributed by atoms with Gasteiger partial charge in [-0.3, -0.25) is 10.1 Å². The molecule has 3 N–H and O–H groups in total. The van der Waals surface area contributed by atoms with Crippen molar-refractivity contribution < 1.29 is 9.59 Å². The van der Waals surface area contributed by atoms with Gasteiger partial charge in [-0.05, 0) is 23.6 Å². The summed E-state index contributed by atoms with van der Waals surface area (Å²) in [7, 11) is 0. The van der Waals surface area contributed by atoms with Crippen LogP contribution in [-0.4, -0.2) is 11.9 Å². The number of carbonyl (C=O) groups is 2. The number of benzene rings is 1. The minimum Gasteiger partial charge on any atom is -0.351 e. The second-order valence-electron chi connectivity index (χ2n) is 3.60. The molecule has 4 nitrogen and oxygen atoms in total. The van der Waals surface area contributed by atoms with E-state index in [-0.39, 0.29) is 0 Å². The summed E-state index contributed by atoms with van der Waals surface area (Å²) in [6, 6.07) is 6.23. The Labute approximate surface area is 88.5 Å². The van der Waals surface area contributed by atoms with Gasteiger partial charge >= 0.3 is 6.03 Å². The molecule has 0 aliphatic carbocycles. The zero-order valence-corrected chi connectivity index (χ0v) is 8.78. The van der Waals surface area contributed by atoms with Crippen LogP contribution in [0.25, 0.3) is 0 Å². The van der Waals surface area contributed by atoms with Crippen molar-refractivity contribution >= 4 is 11.9 Å². The van der Waals surface area contributed by atoms with Crippen LogP contribution in [0.15, 0.2) is 24.3 Å². The Balaban J connectivity index is 2.80. The summed E-state index contributed by atoms with van der Waals surface area (Å²) in [6.45, 7) is 4.14. The molecule has 1 rings (SSSR count). The maximum absolute atomic E-state index is 11.3. The number of nitrogens with one attached hydrogen (secondary N) is 1. The smallest absolute Gasteiger partial charge is 0.319 e. The molecule has 0 bridgehead atoms. The molecule has 0 unspecified atom stereocenters. The second kappa shape index (κ2) is 4.59. The van der Waals surface area contributed by atoms with Crippen molar-refractivity contribution in [3.8, 4) is 0 Å². The van der Waals surface area contributed by atoms with Gasteiger partial charge in [-0.15, -0.1) is 0 Å². The highest BCUT2D eigenvalue weighted by atomic mass is 16.2. The van der Waals surface area contributed by atoms with Crippen molar-refractivity contribution in [1.29, 1.82) is 0 Å². The van der Waals surface area contributed by atoms with Gasteiger partial charge in [0.25, 0.3) is 5.91 Å². The highest BCUT2D eigenvalue weighted by molar-refractivity contribution is 6.03. The average molecular weight is 206 g/mol. The van der Waals surface area contributed by atoms with E-state index in [1.807, 2.05) is 17.4 Å². The van der Waals surface area contributed by atoms with Gasteiger partial charge in [-0.25, -0.2) is 4.79 Å². The molecule has 0 spiro atoms.